The van der Waals surface area contributed by atoms with Gasteiger partial charge in [0.2, 0.25) is 5.82 Å². The number of imidazole rings is 1. The van der Waals surface area contributed by atoms with E-state index in [4.69, 9.17) is 5.11 Å². The summed E-state index contributed by atoms with van der Waals surface area (Å²) >= 11 is 3.28. The first kappa shape index (κ1) is 9.67. The lowest BCUT2D eigenvalue weighted by Crippen LogP contribution is -2.31. The molecule has 14 heavy (non-hydrogen) atoms. The third-order valence-electron chi connectivity index (χ3n) is 2.34. The van der Waals surface area contributed by atoms with Gasteiger partial charge in [0.15, 0.2) is 0 Å². The predicted octanol–water partition coefficient (Wildman–Crippen LogP) is 0.789. The van der Waals surface area contributed by atoms with Crippen LogP contribution in [0.1, 0.15) is 16.3 Å². The number of aromatic nitrogens is 2. The zero-order valence-electron chi connectivity index (χ0n) is 7.70. The third kappa shape index (κ3) is 1.44. The van der Waals surface area contributed by atoms with Crippen LogP contribution in [0.4, 0.5) is 0 Å². The lowest BCUT2D eigenvalue weighted by atomic mass is 10.3. The topological polar surface area (TPSA) is 58.4 Å². The summed E-state index contributed by atoms with van der Waals surface area (Å²) < 4.78 is 2.40. The summed E-state index contributed by atoms with van der Waals surface area (Å²) in [4.78, 5) is 17.0. The molecular formula is C8H10BrN3O2. The van der Waals surface area contributed by atoms with Crippen molar-refractivity contribution in [1.29, 1.82) is 0 Å². The Bertz CT molecular complexity index is 388. The van der Waals surface area contributed by atoms with E-state index in [-0.39, 0.29) is 5.82 Å². The van der Waals surface area contributed by atoms with E-state index in [1.807, 2.05) is 7.05 Å². The summed E-state index contributed by atoms with van der Waals surface area (Å²) in [5, 5.41) is 8.90. The number of nitrogens with zero attached hydrogens (tertiary/aromatic N) is 3. The molecule has 0 atom stereocenters. The van der Waals surface area contributed by atoms with Crippen molar-refractivity contribution >= 4 is 21.9 Å². The number of rotatable bonds is 1. The Morgan fingerprint density at radius 1 is 1.57 bits per heavy atom. The van der Waals surface area contributed by atoms with Crippen LogP contribution in [0, 0.1) is 0 Å². The maximum atomic E-state index is 10.8. The molecule has 1 aromatic rings. The first-order valence-electron chi connectivity index (χ1n) is 4.26. The summed E-state index contributed by atoms with van der Waals surface area (Å²) in [7, 11) is 2.00. The van der Waals surface area contributed by atoms with Crippen LogP contribution < -0.4 is 0 Å². The van der Waals surface area contributed by atoms with E-state index in [1.54, 1.807) is 4.57 Å². The van der Waals surface area contributed by atoms with Crippen molar-refractivity contribution in [2.75, 3.05) is 13.6 Å². The van der Waals surface area contributed by atoms with Crippen molar-refractivity contribution < 1.29 is 9.90 Å². The molecule has 1 aromatic heterocycles. The molecule has 0 aliphatic carbocycles. The average molecular weight is 260 g/mol. The molecular weight excluding hydrogens is 250 g/mol. The summed E-state index contributed by atoms with van der Waals surface area (Å²) in [5.41, 5.74) is 0.941. The number of carboxylic acids is 1. The Balaban J connectivity index is 2.49. The maximum absolute atomic E-state index is 10.8. The van der Waals surface area contributed by atoms with E-state index >= 15 is 0 Å². The molecule has 76 valence electrons. The van der Waals surface area contributed by atoms with E-state index < -0.39 is 5.97 Å². The molecule has 0 radical (unpaired) electrons. The maximum Gasteiger partial charge on any atom is 0.372 e. The molecule has 0 spiro atoms. The Morgan fingerprint density at radius 3 is 2.93 bits per heavy atom. The SMILES string of the molecule is CN1CCn2c(C(=O)O)nc(Br)c2C1. The Hall–Kier alpha value is -0.880. The smallest absolute Gasteiger partial charge is 0.372 e. The molecule has 5 nitrogen and oxygen atoms in total. The second kappa shape index (κ2) is 3.36. The van der Waals surface area contributed by atoms with Crippen molar-refractivity contribution in [2.45, 2.75) is 13.1 Å². The largest absolute Gasteiger partial charge is 0.475 e. The lowest BCUT2D eigenvalue weighted by molar-refractivity contribution is 0.0674. The first-order chi connectivity index (χ1) is 6.59. The van der Waals surface area contributed by atoms with Gasteiger partial charge in [-0.25, -0.2) is 9.78 Å². The van der Waals surface area contributed by atoms with E-state index in [0.717, 1.165) is 18.8 Å². The van der Waals surface area contributed by atoms with Gasteiger partial charge in [0, 0.05) is 19.6 Å². The van der Waals surface area contributed by atoms with Gasteiger partial charge >= 0.3 is 5.97 Å². The first-order valence-corrected chi connectivity index (χ1v) is 5.05. The molecule has 0 unspecified atom stereocenters. The molecule has 0 saturated heterocycles. The fourth-order valence-corrected chi connectivity index (χ4v) is 2.12. The molecule has 0 bridgehead atoms. The van der Waals surface area contributed by atoms with Gasteiger partial charge in [-0.15, -0.1) is 0 Å². The molecule has 1 aliphatic rings. The van der Waals surface area contributed by atoms with Crippen LogP contribution in [0.25, 0.3) is 0 Å². The summed E-state index contributed by atoms with van der Waals surface area (Å²) in [6.07, 6.45) is 0. The van der Waals surface area contributed by atoms with Crippen LogP contribution in [0.15, 0.2) is 4.60 Å². The van der Waals surface area contributed by atoms with E-state index in [2.05, 4.69) is 25.8 Å². The summed E-state index contributed by atoms with van der Waals surface area (Å²) in [6, 6.07) is 0. The molecule has 0 amide bonds. The van der Waals surface area contributed by atoms with Gasteiger partial charge in [-0.2, -0.15) is 0 Å². The number of carboxylic acid groups (broad SMARTS) is 1. The highest BCUT2D eigenvalue weighted by Crippen LogP contribution is 2.22. The molecule has 1 N–H and O–H groups in total. The minimum absolute atomic E-state index is 0.125. The molecule has 0 fully saturated rings. The second-order valence-electron chi connectivity index (χ2n) is 3.37. The van der Waals surface area contributed by atoms with Crippen LogP contribution in [-0.2, 0) is 13.1 Å². The van der Waals surface area contributed by atoms with Gasteiger partial charge in [-0.1, -0.05) is 0 Å². The normalized spacial score (nSPS) is 16.7. The van der Waals surface area contributed by atoms with Crippen molar-refractivity contribution in [3.63, 3.8) is 0 Å². The number of hydrogen-bond donors (Lipinski definition) is 1. The fourth-order valence-electron chi connectivity index (χ4n) is 1.62. The fraction of sp³-hybridized carbons (Fsp3) is 0.500. The quantitative estimate of drug-likeness (QED) is 0.811. The average Bonchev–Trinajstić information content (AvgIpc) is 2.44. The molecule has 1 aliphatic heterocycles. The van der Waals surface area contributed by atoms with Gasteiger partial charge in [-0.3, -0.25) is 4.90 Å². The van der Waals surface area contributed by atoms with Crippen LogP contribution in [0.5, 0.6) is 0 Å². The zero-order valence-corrected chi connectivity index (χ0v) is 9.28. The van der Waals surface area contributed by atoms with Crippen LogP contribution in [0.2, 0.25) is 0 Å². The van der Waals surface area contributed by atoms with Gasteiger partial charge in [0.1, 0.15) is 4.60 Å². The zero-order chi connectivity index (χ0) is 10.3. The predicted molar refractivity (Wildman–Crippen MR) is 53.2 cm³/mol. The number of carbonyl (C=O) groups is 1. The Morgan fingerprint density at radius 2 is 2.29 bits per heavy atom. The number of hydrogen-bond acceptors (Lipinski definition) is 3. The van der Waals surface area contributed by atoms with Gasteiger partial charge < -0.3 is 9.67 Å². The van der Waals surface area contributed by atoms with E-state index in [1.165, 1.54) is 0 Å². The van der Waals surface area contributed by atoms with Crippen LogP contribution >= 0.6 is 15.9 Å². The van der Waals surface area contributed by atoms with Crippen molar-refractivity contribution in [2.24, 2.45) is 0 Å². The minimum Gasteiger partial charge on any atom is -0.475 e. The van der Waals surface area contributed by atoms with Crippen LogP contribution in [-0.4, -0.2) is 39.1 Å². The number of fused-ring (bicyclic) bond motifs is 1. The van der Waals surface area contributed by atoms with Crippen molar-refractivity contribution in [3.05, 3.63) is 16.1 Å². The van der Waals surface area contributed by atoms with Crippen LogP contribution in [0.3, 0.4) is 0 Å². The van der Waals surface area contributed by atoms with Crippen molar-refractivity contribution in [1.82, 2.24) is 14.5 Å². The highest BCUT2D eigenvalue weighted by molar-refractivity contribution is 9.10. The molecule has 2 rings (SSSR count). The standard InChI is InChI=1S/C8H10BrN3O2/c1-11-2-3-12-5(4-11)6(9)10-7(12)8(13)14/h2-4H2,1H3,(H,13,14). The number of aromatic carboxylic acids is 1. The second-order valence-corrected chi connectivity index (χ2v) is 4.12. The van der Waals surface area contributed by atoms with Gasteiger partial charge in [0.25, 0.3) is 0 Å². The third-order valence-corrected chi connectivity index (χ3v) is 2.97. The van der Waals surface area contributed by atoms with E-state index in [0.29, 0.717) is 11.1 Å². The molecule has 2 heterocycles. The molecule has 0 saturated carbocycles. The van der Waals surface area contributed by atoms with Gasteiger partial charge in [0.05, 0.1) is 5.69 Å². The highest BCUT2D eigenvalue weighted by atomic mass is 79.9. The van der Waals surface area contributed by atoms with Gasteiger partial charge in [-0.05, 0) is 23.0 Å². The summed E-state index contributed by atoms with van der Waals surface area (Å²) in [5.74, 6) is -0.846. The molecule has 0 aromatic carbocycles. The monoisotopic (exact) mass is 259 g/mol. The molecule has 6 heteroatoms. The Labute approximate surface area is 89.5 Å². The highest BCUT2D eigenvalue weighted by Gasteiger charge is 2.24. The summed E-state index contributed by atoms with van der Waals surface area (Å²) in [6.45, 7) is 2.28. The minimum atomic E-state index is -0.971. The lowest BCUT2D eigenvalue weighted by Gasteiger charge is -2.24. The number of likely N-dealkylation sites (N-methyl/N-ethyl adjacent to an activating group) is 1. The van der Waals surface area contributed by atoms with E-state index in [9.17, 15) is 4.79 Å². The Kier molecular flexibility index (Phi) is 2.32. The number of halogens is 1. The van der Waals surface area contributed by atoms with Crippen molar-refractivity contribution in [3.8, 4) is 0 Å².